The summed E-state index contributed by atoms with van der Waals surface area (Å²) in [7, 11) is 0. The molecule has 0 spiro atoms. The van der Waals surface area contributed by atoms with Crippen LogP contribution in [0.1, 0.15) is 23.6 Å². The second-order valence-corrected chi connectivity index (χ2v) is 8.34. The summed E-state index contributed by atoms with van der Waals surface area (Å²) in [5, 5.41) is 3.75. The number of piperazine rings is 1. The van der Waals surface area contributed by atoms with Crippen LogP contribution in [0.15, 0.2) is 51.7 Å². The van der Waals surface area contributed by atoms with Crippen molar-refractivity contribution in [2.24, 2.45) is 0 Å². The fraction of sp³-hybridized carbons (Fsp3) is 0.360. The van der Waals surface area contributed by atoms with Crippen LogP contribution >= 0.6 is 0 Å². The van der Waals surface area contributed by atoms with Crippen molar-refractivity contribution in [1.82, 2.24) is 9.80 Å². The number of hydrogen-bond donors (Lipinski definition) is 1. The van der Waals surface area contributed by atoms with Crippen molar-refractivity contribution < 1.29 is 13.6 Å². The first-order chi connectivity index (χ1) is 15.4. The van der Waals surface area contributed by atoms with E-state index in [4.69, 9.17) is 4.42 Å². The predicted molar refractivity (Wildman–Crippen MR) is 123 cm³/mol. The molecule has 2 heterocycles. The lowest BCUT2D eigenvalue weighted by Crippen LogP contribution is -2.48. The fourth-order valence-electron chi connectivity index (χ4n) is 4.05. The quantitative estimate of drug-likeness (QED) is 0.598. The smallest absolute Gasteiger partial charge is 0.336 e. The first-order valence-corrected chi connectivity index (χ1v) is 11.0. The van der Waals surface area contributed by atoms with Gasteiger partial charge in [0, 0.05) is 49.9 Å². The molecule has 1 aromatic heterocycles. The molecular weight excluding hydrogens is 409 g/mol. The highest BCUT2D eigenvalue weighted by atomic mass is 19.1. The maximum atomic E-state index is 13.7. The average molecular weight is 438 g/mol. The number of carbonyl (C=O) groups is 1. The number of nitrogens with one attached hydrogen (secondary N) is 1. The molecule has 0 radical (unpaired) electrons. The zero-order valence-corrected chi connectivity index (χ0v) is 18.5. The minimum Gasteiger partial charge on any atom is -0.423 e. The number of hydrogen-bond acceptors (Lipinski definition) is 5. The van der Waals surface area contributed by atoms with E-state index in [0.717, 1.165) is 43.5 Å². The molecule has 3 aromatic rings. The van der Waals surface area contributed by atoms with E-state index in [-0.39, 0.29) is 23.9 Å². The van der Waals surface area contributed by atoms with Crippen LogP contribution in [-0.2, 0) is 17.8 Å². The Morgan fingerprint density at radius 2 is 1.81 bits per heavy atom. The lowest BCUT2D eigenvalue weighted by atomic mass is 10.0. The number of nitrogens with zero attached hydrogens (tertiary/aromatic N) is 2. The molecule has 0 atom stereocenters. The average Bonchev–Trinajstić information content (AvgIpc) is 2.77. The van der Waals surface area contributed by atoms with Crippen LogP contribution in [0.2, 0.25) is 0 Å². The highest BCUT2D eigenvalue weighted by Crippen LogP contribution is 2.21. The monoisotopic (exact) mass is 437 g/mol. The third kappa shape index (κ3) is 5.23. The van der Waals surface area contributed by atoms with Gasteiger partial charge < -0.3 is 9.73 Å². The van der Waals surface area contributed by atoms with E-state index in [1.54, 1.807) is 25.1 Å². The second-order valence-electron chi connectivity index (χ2n) is 8.34. The van der Waals surface area contributed by atoms with Gasteiger partial charge in [-0.15, -0.1) is 0 Å². The molecular formula is C25H28FN3O3. The van der Waals surface area contributed by atoms with Crippen LogP contribution in [0.3, 0.4) is 0 Å². The van der Waals surface area contributed by atoms with E-state index in [1.165, 1.54) is 11.6 Å². The van der Waals surface area contributed by atoms with E-state index in [2.05, 4.69) is 28.1 Å². The number of fused-ring (bicyclic) bond motifs is 1. The largest absolute Gasteiger partial charge is 0.423 e. The Balaban J connectivity index is 1.34. The van der Waals surface area contributed by atoms with Crippen LogP contribution in [0, 0.1) is 12.7 Å². The Hall–Kier alpha value is -3.03. The number of halogens is 1. The van der Waals surface area contributed by atoms with Crippen molar-refractivity contribution in [3.05, 3.63) is 75.4 Å². The Labute approximate surface area is 186 Å². The molecule has 2 aromatic carbocycles. The summed E-state index contributed by atoms with van der Waals surface area (Å²) >= 11 is 0. The van der Waals surface area contributed by atoms with Crippen LogP contribution in [0.5, 0.6) is 0 Å². The zero-order chi connectivity index (χ0) is 22.7. The molecule has 0 saturated carbocycles. The minimum absolute atomic E-state index is 0.152. The van der Waals surface area contributed by atoms with Gasteiger partial charge in [0.05, 0.1) is 6.54 Å². The summed E-state index contributed by atoms with van der Waals surface area (Å²) < 4.78 is 19.0. The third-order valence-electron chi connectivity index (χ3n) is 5.98. The molecule has 1 aliphatic heterocycles. The van der Waals surface area contributed by atoms with Crippen LogP contribution in [-0.4, -0.2) is 48.4 Å². The summed E-state index contributed by atoms with van der Waals surface area (Å²) in [6.45, 7) is 7.80. The maximum absolute atomic E-state index is 13.7. The minimum atomic E-state index is -0.334. The molecule has 7 heteroatoms. The number of carbonyl (C=O) groups excluding carboxylic acids is 1. The zero-order valence-electron chi connectivity index (χ0n) is 18.5. The van der Waals surface area contributed by atoms with Crippen molar-refractivity contribution in [3.8, 4) is 0 Å². The third-order valence-corrected chi connectivity index (χ3v) is 5.98. The molecule has 32 heavy (non-hydrogen) atoms. The summed E-state index contributed by atoms with van der Waals surface area (Å²) in [6.07, 6.45) is 0.921. The molecule has 168 valence electrons. The fourth-order valence-corrected chi connectivity index (χ4v) is 4.05. The van der Waals surface area contributed by atoms with Gasteiger partial charge >= 0.3 is 5.63 Å². The highest BCUT2D eigenvalue weighted by molar-refractivity contribution is 5.92. The van der Waals surface area contributed by atoms with Gasteiger partial charge in [0.2, 0.25) is 5.91 Å². The van der Waals surface area contributed by atoms with Gasteiger partial charge in [-0.05, 0) is 54.3 Å². The first kappa shape index (κ1) is 22.2. The van der Waals surface area contributed by atoms with Gasteiger partial charge in [-0.1, -0.05) is 19.1 Å². The molecule has 6 nitrogen and oxygen atoms in total. The number of benzene rings is 2. The van der Waals surface area contributed by atoms with Crippen molar-refractivity contribution in [2.75, 3.05) is 38.0 Å². The second kappa shape index (κ2) is 9.63. The van der Waals surface area contributed by atoms with Gasteiger partial charge in [0.15, 0.2) is 0 Å². The molecule has 0 bridgehead atoms. The van der Waals surface area contributed by atoms with E-state index in [1.807, 2.05) is 12.1 Å². The maximum Gasteiger partial charge on any atom is 0.336 e. The number of aryl methyl sites for hydroxylation is 2. The first-order valence-electron chi connectivity index (χ1n) is 11.0. The summed E-state index contributed by atoms with van der Waals surface area (Å²) in [6, 6.07) is 12.2. The van der Waals surface area contributed by atoms with Crippen LogP contribution < -0.4 is 10.9 Å². The molecule has 0 unspecified atom stereocenters. The van der Waals surface area contributed by atoms with E-state index < -0.39 is 0 Å². The summed E-state index contributed by atoms with van der Waals surface area (Å²) in [5.41, 5.74) is 3.48. The summed E-state index contributed by atoms with van der Waals surface area (Å²) in [4.78, 5) is 28.7. The SMILES string of the molecule is CCc1ccc2oc(=O)cc(CN3CCN(CC(=O)Nc4ccc(C)c(F)c4)CC3)c2c1. The van der Waals surface area contributed by atoms with E-state index in [9.17, 15) is 14.0 Å². The topological polar surface area (TPSA) is 65.8 Å². The van der Waals surface area contributed by atoms with Crippen molar-refractivity contribution in [3.63, 3.8) is 0 Å². The van der Waals surface area contributed by atoms with E-state index in [0.29, 0.717) is 23.4 Å². The van der Waals surface area contributed by atoms with Gasteiger partial charge in [-0.25, -0.2) is 9.18 Å². The van der Waals surface area contributed by atoms with Gasteiger partial charge in [-0.3, -0.25) is 14.6 Å². The van der Waals surface area contributed by atoms with Crippen LogP contribution in [0.25, 0.3) is 11.0 Å². The molecule has 0 aliphatic carbocycles. The molecule has 1 fully saturated rings. The molecule has 1 saturated heterocycles. The Morgan fingerprint density at radius 3 is 2.53 bits per heavy atom. The standard InChI is InChI=1S/C25H28FN3O3/c1-3-18-5-7-23-21(12-18)19(13-25(31)32-23)15-28-8-10-29(11-9-28)16-24(30)27-20-6-4-17(2)22(26)14-20/h4-7,12-14H,3,8-11,15-16H2,1-2H3,(H,27,30). The number of amides is 1. The molecule has 1 N–H and O–H groups in total. The van der Waals surface area contributed by atoms with Crippen LogP contribution in [0.4, 0.5) is 10.1 Å². The highest BCUT2D eigenvalue weighted by Gasteiger charge is 2.20. The Kier molecular flexibility index (Phi) is 6.67. The lowest BCUT2D eigenvalue weighted by molar-refractivity contribution is -0.117. The normalized spacial score (nSPS) is 15.2. The number of anilines is 1. The van der Waals surface area contributed by atoms with Crippen molar-refractivity contribution >= 4 is 22.6 Å². The van der Waals surface area contributed by atoms with Crippen molar-refractivity contribution in [2.45, 2.75) is 26.8 Å². The Morgan fingerprint density at radius 1 is 1.06 bits per heavy atom. The van der Waals surface area contributed by atoms with Gasteiger partial charge in [0.25, 0.3) is 0 Å². The lowest BCUT2D eigenvalue weighted by Gasteiger charge is -2.34. The van der Waals surface area contributed by atoms with Gasteiger partial charge in [-0.2, -0.15) is 0 Å². The van der Waals surface area contributed by atoms with E-state index >= 15 is 0 Å². The van der Waals surface area contributed by atoms with Crippen molar-refractivity contribution in [1.29, 1.82) is 0 Å². The molecule has 4 rings (SSSR count). The molecule has 1 aliphatic rings. The predicted octanol–water partition coefficient (Wildman–Crippen LogP) is 3.56. The summed E-state index contributed by atoms with van der Waals surface area (Å²) in [5.74, 6) is -0.481. The molecule has 1 amide bonds. The number of rotatable bonds is 6. The Bertz CT molecular complexity index is 1180. The van der Waals surface area contributed by atoms with Gasteiger partial charge in [0.1, 0.15) is 11.4 Å².